The van der Waals surface area contributed by atoms with E-state index in [-0.39, 0.29) is 6.10 Å². The minimum atomic E-state index is 0.0771. The molecule has 0 aliphatic heterocycles. The first-order valence-corrected chi connectivity index (χ1v) is 7.44. The zero-order valence-electron chi connectivity index (χ0n) is 12.5. The number of anilines is 1. The molecule has 0 radical (unpaired) electrons. The van der Waals surface area contributed by atoms with Crippen LogP contribution in [0.5, 0.6) is 0 Å². The Labute approximate surface area is 116 Å². The summed E-state index contributed by atoms with van der Waals surface area (Å²) < 4.78 is 5.87. The fraction of sp³-hybridized carbons (Fsp3) is 0.733. The Kier molecular flexibility index (Phi) is 4.75. The second-order valence-electron chi connectivity index (χ2n) is 5.10. The predicted molar refractivity (Wildman–Crippen MR) is 77.4 cm³/mol. The molecule has 1 fully saturated rings. The molecule has 4 heteroatoms. The molecule has 1 atom stereocenters. The zero-order chi connectivity index (χ0) is 13.8. The van der Waals surface area contributed by atoms with Gasteiger partial charge in [0.2, 0.25) is 0 Å². The highest BCUT2D eigenvalue weighted by atomic mass is 16.5. The van der Waals surface area contributed by atoms with Crippen LogP contribution >= 0.6 is 0 Å². The molecule has 0 amide bonds. The van der Waals surface area contributed by atoms with Crippen molar-refractivity contribution in [3.8, 4) is 0 Å². The maximum absolute atomic E-state index is 5.87. The summed E-state index contributed by atoms with van der Waals surface area (Å²) in [5.74, 6) is 2.44. The molecule has 1 unspecified atom stereocenters. The number of aryl methyl sites for hydroxylation is 1. The summed E-state index contributed by atoms with van der Waals surface area (Å²) in [5, 5.41) is 3.34. The molecular formula is C15H25N3O. The summed E-state index contributed by atoms with van der Waals surface area (Å²) in [5.41, 5.74) is 2.30. The van der Waals surface area contributed by atoms with Gasteiger partial charge in [0.1, 0.15) is 11.9 Å². The van der Waals surface area contributed by atoms with Gasteiger partial charge in [-0.2, -0.15) is 0 Å². The maximum atomic E-state index is 5.87. The van der Waals surface area contributed by atoms with E-state index in [2.05, 4.69) is 26.1 Å². The van der Waals surface area contributed by atoms with E-state index in [1.807, 2.05) is 6.92 Å². The summed E-state index contributed by atoms with van der Waals surface area (Å²) in [4.78, 5) is 9.44. The van der Waals surface area contributed by atoms with Crippen molar-refractivity contribution >= 4 is 5.82 Å². The number of nitrogens with one attached hydrogen (secondary N) is 1. The normalized spacial score (nSPS) is 16.4. The van der Waals surface area contributed by atoms with Crippen LogP contribution in [0.15, 0.2) is 0 Å². The van der Waals surface area contributed by atoms with E-state index in [0.29, 0.717) is 5.92 Å². The fourth-order valence-corrected chi connectivity index (χ4v) is 2.39. The molecule has 0 bridgehead atoms. The van der Waals surface area contributed by atoms with Gasteiger partial charge in [0, 0.05) is 24.4 Å². The van der Waals surface area contributed by atoms with Crippen molar-refractivity contribution < 1.29 is 4.74 Å². The molecule has 1 heterocycles. The Balaban J connectivity index is 2.34. The molecule has 0 saturated heterocycles. The molecule has 0 spiro atoms. The topological polar surface area (TPSA) is 47.0 Å². The SMILES string of the molecule is CCNc1nc(C(OCC)C2CC2)nc(CC)c1C. The highest BCUT2D eigenvalue weighted by Crippen LogP contribution is 2.42. The highest BCUT2D eigenvalue weighted by Gasteiger charge is 2.35. The van der Waals surface area contributed by atoms with Crippen LogP contribution in [0, 0.1) is 12.8 Å². The molecule has 1 aromatic heterocycles. The minimum absolute atomic E-state index is 0.0771. The number of nitrogens with zero attached hydrogens (tertiary/aromatic N) is 2. The van der Waals surface area contributed by atoms with Crippen molar-refractivity contribution in [2.24, 2.45) is 5.92 Å². The molecule has 1 aliphatic carbocycles. The number of aromatic nitrogens is 2. The van der Waals surface area contributed by atoms with Crippen LogP contribution in [-0.2, 0) is 11.2 Å². The summed E-state index contributed by atoms with van der Waals surface area (Å²) >= 11 is 0. The van der Waals surface area contributed by atoms with Gasteiger partial charge in [-0.3, -0.25) is 0 Å². The molecule has 1 aromatic rings. The minimum Gasteiger partial charge on any atom is -0.370 e. The standard InChI is InChI=1S/C15H25N3O/c1-5-12-10(4)14(16-6-2)18-15(17-12)13(19-7-3)11-8-9-11/h11,13H,5-9H2,1-4H3,(H,16,17,18). The molecule has 2 rings (SSSR count). The van der Waals surface area contributed by atoms with Gasteiger partial charge < -0.3 is 10.1 Å². The monoisotopic (exact) mass is 263 g/mol. The smallest absolute Gasteiger partial charge is 0.160 e. The van der Waals surface area contributed by atoms with E-state index in [0.717, 1.165) is 36.9 Å². The number of rotatable bonds is 7. The molecular weight excluding hydrogens is 238 g/mol. The van der Waals surface area contributed by atoms with Gasteiger partial charge in [0.25, 0.3) is 0 Å². The lowest BCUT2D eigenvalue weighted by molar-refractivity contribution is 0.0399. The summed E-state index contributed by atoms with van der Waals surface area (Å²) in [6.45, 7) is 9.96. The summed E-state index contributed by atoms with van der Waals surface area (Å²) in [7, 11) is 0. The molecule has 1 N–H and O–H groups in total. The van der Waals surface area contributed by atoms with Crippen molar-refractivity contribution in [1.82, 2.24) is 9.97 Å². The molecule has 1 saturated carbocycles. The van der Waals surface area contributed by atoms with Gasteiger partial charge in [-0.25, -0.2) is 9.97 Å². The highest BCUT2D eigenvalue weighted by molar-refractivity contribution is 5.46. The first-order chi connectivity index (χ1) is 9.21. The van der Waals surface area contributed by atoms with Crippen LogP contribution in [0.1, 0.15) is 56.8 Å². The van der Waals surface area contributed by atoms with Gasteiger partial charge in [-0.15, -0.1) is 0 Å². The van der Waals surface area contributed by atoms with Crippen LogP contribution in [0.25, 0.3) is 0 Å². The Morgan fingerprint density at radius 2 is 2.00 bits per heavy atom. The van der Waals surface area contributed by atoms with Crippen molar-refractivity contribution in [1.29, 1.82) is 0 Å². The van der Waals surface area contributed by atoms with Gasteiger partial charge in [-0.05, 0) is 46.0 Å². The van der Waals surface area contributed by atoms with Crippen molar-refractivity contribution in [2.45, 2.75) is 53.1 Å². The summed E-state index contributed by atoms with van der Waals surface area (Å²) in [6.07, 6.45) is 3.48. The number of hydrogen-bond acceptors (Lipinski definition) is 4. The average molecular weight is 263 g/mol. The lowest BCUT2D eigenvalue weighted by atomic mass is 10.1. The maximum Gasteiger partial charge on any atom is 0.160 e. The largest absolute Gasteiger partial charge is 0.370 e. The first kappa shape index (κ1) is 14.3. The van der Waals surface area contributed by atoms with Gasteiger partial charge in [0.05, 0.1) is 0 Å². The average Bonchev–Trinajstić information content (AvgIpc) is 3.23. The second-order valence-corrected chi connectivity index (χ2v) is 5.10. The fourth-order valence-electron chi connectivity index (χ4n) is 2.39. The predicted octanol–water partition coefficient (Wildman–Crippen LogP) is 3.27. The second kappa shape index (κ2) is 6.33. The Hall–Kier alpha value is -1.16. The third kappa shape index (κ3) is 3.24. The molecule has 1 aliphatic rings. The third-order valence-corrected chi connectivity index (χ3v) is 3.59. The Bertz CT molecular complexity index is 430. The number of ether oxygens (including phenoxy) is 1. The third-order valence-electron chi connectivity index (χ3n) is 3.59. The molecule has 19 heavy (non-hydrogen) atoms. The lowest BCUT2D eigenvalue weighted by Crippen LogP contribution is -2.15. The molecule has 0 aromatic carbocycles. The van der Waals surface area contributed by atoms with Crippen LogP contribution in [0.2, 0.25) is 0 Å². The van der Waals surface area contributed by atoms with Gasteiger partial charge in [0.15, 0.2) is 5.82 Å². The van der Waals surface area contributed by atoms with E-state index in [1.54, 1.807) is 0 Å². The van der Waals surface area contributed by atoms with E-state index in [4.69, 9.17) is 14.7 Å². The van der Waals surface area contributed by atoms with E-state index < -0.39 is 0 Å². The lowest BCUT2D eigenvalue weighted by Gasteiger charge is -2.18. The van der Waals surface area contributed by atoms with Crippen LogP contribution in [0.3, 0.4) is 0 Å². The molecule has 106 valence electrons. The quantitative estimate of drug-likeness (QED) is 0.820. The molecule has 4 nitrogen and oxygen atoms in total. The zero-order valence-corrected chi connectivity index (χ0v) is 12.5. The van der Waals surface area contributed by atoms with E-state index in [1.165, 1.54) is 18.4 Å². The Morgan fingerprint density at radius 3 is 2.53 bits per heavy atom. The Morgan fingerprint density at radius 1 is 1.26 bits per heavy atom. The van der Waals surface area contributed by atoms with E-state index in [9.17, 15) is 0 Å². The van der Waals surface area contributed by atoms with Crippen LogP contribution < -0.4 is 5.32 Å². The number of hydrogen-bond donors (Lipinski definition) is 1. The van der Waals surface area contributed by atoms with Gasteiger partial charge in [-0.1, -0.05) is 6.92 Å². The van der Waals surface area contributed by atoms with Crippen molar-refractivity contribution in [2.75, 3.05) is 18.5 Å². The first-order valence-electron chi connectivity index (χ1n) is 7.44. The van der Waals surface area contributed by atoms with Gasteiger partial charge >= 0.3 is 0 Å². The van der Waals surface area contributed by atoms with Crippen molar-refractivity contribution in [3.63, 3.8) is 0 Å². The van der Waals surface area contributed by atoms with Crippen LogP contribution in [-0.4, -0.2) is 23.1 Å². The van der Waals surface area contributed by atoms with Crippen LogP contribution in [0.4, 0.5) is 5.82 Å². The van der Waals surface area contributed by atoms with E-state index >= 15 is 0 Å². The van der Waals surface area contributed by atoms with Crippen molar-refractivity contribution in [3.05, 3.63) is 17.1 Å². The summed E-state index contributed by atoms with van der Waals surface area (Å²) in [6, 6.07) is 0.